The van der Waals surface area contributed by atoms with Gasteiger partial charge in [0, 0.05) is 23.3 Å². The van der Waals surface area contributed by atoms with E-state index in [2.05, 4.69) is 20.1 Å². The highest BCUT2D eigenvalue weighted by molar-refractivity contribution is 7.93. The molecule has 2 N–H and O–H groups in total. The molecule has 2 aromatic heterocycles. The molecule has 0 aliphatic rings. The van der Waals surface area contributed by atoms with E-state index >= 15 is 0 Å². The molecule has 0 bridgehead atoms. The molecular formula is C23H28FN5O2S2. The number of hydrogen-bond donors (Lipinski definition) is 2. The van der Waals surface area contributed by atoms with Gasteiger partial charge in [0.05, 0.1) is 12.7 Å². The first-order valence-corrected chi connectivity index (χ1v) is 12.9. The van der Waals surface area contributed by atoms with Gasteiger partial charge in [-0.25, -0.2) is 22.5 Å². The van der Waals surface area contributed by atoms with E-state index in [4.69, 9.17) is 0 Å². The van der Waals surface area contributed by atoms with Crippen molar-refractivity contribution in [2.24, 2.45) is 0 Å². The Bertz CT molecular complexity index is 1210. The summed E-state index contributed by atoms with van der Waals surface area (Å²) in [6.07, 6.45) is 3.10. The molecule has 0 fully saturated rings. The molecule has 2 aromatic carbocycles. The number of hydrogen-bond acceptors (Lipinski definition) is 6. The molecular weight excluding hydrogens is 461 g/mol. The number of nitrogens with zero attached hydrogens (tertiary/aromatic N) is 3. The highest BCUT2D eigenvalue weighted by Gasteiger charge is 2.20. The van der Waals surface area contributed by atoms with E-state index in [1.54, 1.807) is 22.3 Å². The molecule has 176 valence electrons. The fourth-order valence-electron chi connectivity index (χ4n) is 2.71. The lowest BCUT2D eigenvalue weighted by atomic mass is 10.2. The average Bonchev–Trinajstić information content (AvgIpc) is 3.49. The lowest BCUT2D eigenvalue weighted by molar-refractivity contribution is 0.570. The Morgan fingerprint density at radius 3 is 2.36 bits per heavy atom. The fourth-order valence-corrected chi connectivity index (χ4v) is 4.56. The lowest BCUT2D eigenvalue weighted by Gasteiger charge is -2.12. The van der Waals surface area contributed by atoms with Crippen molar-refractivity contribution in [3.05, 3.63) is 83.8 Å². The van der Waals surface area contributed by atoms with Crippen LogP contribution in [0.15, 0.2) is 77.3 Å². The van der Waals surface area contributed by atoms with E-state index in [-0.39, 0.29) is 5.13 Å². The van der Waals surface area contributed by atoms with Gasteiger partial charge >= 0.3 is 0 Å². The minimum atomic E-state index is -4.06. The van der Waals surface area contributed by atoms with Crippen molar-refractivity contribution in [2.75, 3.05) is 10.0 Å². The molecule has 7 nitrogen and oxygen atoms in total. The Balaban J connectivity index is 0.000000914. The Morgan fingerprint density at radius 2 is 1.73 bits per heavy atom. The number of sulfonamides is 1. The second-order valence-electron chi connectivity index (χ2n) is 6.07. The monoisotopic (exact) mass is 489 g/mol. The minimum absolute atomic E-state index is 0.177. The molecule has 0 spiro atoms. The van der Waals surface area contributed by atoms with Gasteiger partial charge in [-0.15, -0.1) is 11.3 Å². The third-order valence-electron chi connectivity index (χ3n) is 4.04. The Kier molecular flexibility index (Phi) is 10.0. The van der Waals surface area contributed by atoms with Gasteiger partial charge in [-0.2, -0.15) is 5.10 Å². The molecule has 2 heterocycles. The van der Waals surface area contributed by atoms with Crippen molar-refractivity contribution in [2.45, 2.75) is 39.1 Å². The summed E-state index contributed by atoms with van der Waals surface area (Å²) in [7, 11) is -4.06. The van der Waals surface area contributed by atoms with Crippen LogP contribution in [0.1, 0.15) is 33.3 Å². The summed E-state index contributed by atoms with van der Waals surface area (Å²) in [5.74, 6) is -0.210. The van der Waals surface area contributed by atoms with Gasteiger partial charge in [0.1, 0.15) is 16.5 Å². The smallest absolute Gasteiger partial charge is 0.266 e. The Morgan fingerprint density at radius 1 is 1.00 bits per heavy atom. The Hall–Kier alpha value is -3.24. The summed E-state index contributed by atoms with van der Waals surface area (Å²) >= 11 is 1.11. The van der Waals surface area contributed by atoms with Crippen LogP contribution in [-0.4, -0.2) is 23.2 Å². The average molecular weight is 490 g/mol. The van der Waals surface area contributed by atoms with Gasteiger partial charge in [0.2, 0.25) is 0 Å². The predicted octanol–water partition coefficient (Wildman–Crippen LogP) is 6.12. The number of anilines is 3. The molecule has 4 rings (SSSR count). The molecule has 33 heavy (non-hydrogen) atoms. The lowest BCUT2D eigenvalue weighted by Crippen LogP contribution is -2.14. The fraction of sp³-hybridized carbons (Fsp3) is 0.217. The standard InChI is InChI=1S/C19H16FN5O2S2.2C2H6/c20-16-12-15(6-7-17(16)29(26,27)24-19-21-10-11-28-19)23-18-8-9-22-25(18)13-14-4-2-1-3-5-14;2*1-2/h1-12,23H,13H2,(H,21,24);2*1-2H3. The molecule has 0 aliphatic carbocycles. The molecule has 4 aromatic rings. The van der Waals surface area contributed by atoms with Crippen LogP contribution in [0.3, 0.4) is 0 Å². The van der Waals surface area contributed by atoms with Crippen molar-refractivity contribution < 1.29 is 12.8 Å². The zero-order valence-electron chi connectivity index (χ0n) is 19.0. The molecule has 0 atom stereocenters. The molecule has 0 saturated heterocycles. The van der Waals surface area contributed by atoms with Crippen molar-refractivity contribution in [3.63, 3.8) is 0 Å². The van der Waals surface area contributed by atoms with Crippen LogP contribution in [0.25, 0.3) is 0 Å². The highest BCUT2D eigenvalue weighted by atomic mass is 32.2. The van der Waals surface area contributed by atoms with E-state index in [0.29, 0.717) is 18.1 Å². The van der Waals surface area contributed by atoms with Crippen molar-refractivity contribution >= 4 is 38.0 Å². The third kappa shape index (κ3) is 7.13. The topological polar surface area (TPSA) is 88.9 Å². The van der Waals surface area contributed by atoms with Crippen LogP contribution in [0.4, 0.5) is 21.0 Å². The molecule has 0 amide bonds. The number of aromatic nitrogens is 3. The minimum Gasteiger partial charge on any atom is -0.340 e. The van der Waals surface area contributed by atoms with Crippen LogP contribution in [-0.2, 0) is 16.6 Å². The van der Waals surface area contributed by atoms with Gasteiger partial charge in [-0.05, 0) is 23.8 Å². The molecule has 10 heteroatoms. The third-order valence-corrected chi connectivity index (χ3v) is 6.23. The largest absolute Gasteiger partial charge is 0.340 e. The van der Waals surface area contributed by atoms with Crippen LogP contribution in [0.2, 0.25) is 0 Å². The zero-order chi connectivity index (χ0) is 24.3. The SMILES string of the molecule is CC.CC.O=S(=O)(Nc1nccs1)c1ccc(Nc2ccnn2Cc2ccccc2)cc1F. The van der Waals surface area contributed by atoms with Crippen LogP contribution < -0.4 is 10.0 Å². The first kappa shape index (κ1) is 26.0. The highest BCUT2D eigenvalue weighted by Crippen LogP contribution is 2.24. The quantitative estimate of drug-likeness (QED) is 0.326. The molecule has 0 aliphatic heterocycles. The summed E-state index contributed by atoms with van der Waals surface area (Å²) in [5, 5.41) is 9.15. The number of rotatable bonds is 7. The molecule has 0 saturated carbocycles. The number of nitrogens with one attached hydrogen (secondary N) is 2. The maximum atomic E-state index is 14.6. The summed E-state index contributed by atoms with van der Waals surface area (Å²) in [5.41, 5.74) is 1.48. The van der Waals surface area contributed by atoms with Gasteiger partial charge in [0.15, 0.2) is 5.13 Å². The van der Waals surface area contributed by atoms with Crippen molar-refractivity contribution in [1.82, 2.24) is 14.8 Å². The van der Waals surface area contributed by atoms with Crippen LogP contribution in [0.5, 0.6) is 0 Å². The Labute approximate surface area is 198 Å². The number of benzene rings is 2. The summed E-state index contributed by atoms with van der Waals surface area (Å²) < 4.78 is 43.3. The summed E-state index contributed by atoms with van der Waals surface area (Å²) in [6.45, 7) is 8.54. The second-order valence-corrected chi connectivity index (χ2v) is 8.62. The van der Waals surface area contributed by atoms with E-state index in [0.717, 1.165) is 23.0 Å². The molecule has 0 unspecified atom stereocenters. The molecule has 0 radical (unpaired) electrons. The van der Waals surface area contributed by atoms with Crippen LogP contribution in [0, 0.1) is 5.82 Å². The summed E-state index contributed by atoms with van der Waals surface area (Å²) in [4.78, 5) is 3.40. The first-order valence-electron chi connectivity index (χ1n) is 10.6. The maximum absolute atomic E-state index is 14.6. The maximum Gasteiger partial charge on any atom is 0.266 e. The first-order chi connectivity index (χ1) is 16.0. The second kappa shape index (κ2) is 12.7. The number of thiazole rings is 1. The normalized spacial score (nSPS) is 10.3. The van der Waals surface area contributed by atoms with E-state index in [1.165, 1.54) is 18.3 Å². The summed E-state index contributed by atoms with van der Waals surface area (Å²) in [6, 6.07) is 15.4. The van der Waals surface area contributed by atoms with E-state index < -0.39 is 20.7 Å². The van der Waals surface area contributed by atoms with Gasteiger partial charge in [0.25, 0.3) is 10.0 Å². The van der Waals surface area contributed by atoms with Gasteiger partial charge < -0.3 is 5.32 Å². The van der Waals surface area contributed by atoms with E-state index in [9.17, 15) is 12.8 Å². The predicted molar refractivity (Wildman–Crippen MR) is 133 cm³/mol. The van der Waals surface area contributed by atoms with Gasteiger partial charge in [-0.3, -0.25) is 4.72 Å². The number of halogens is 1. The van der Waals surface area contributed by atoms with Crippen LogP contribution >= 0.6 is 11.3 Å². The van der Waals surface area contributed by atoms with E-state index in [1.807, 2.05) is 58.0 Å². The van der Waals surface area contributed by atoms with Crippen molar-refractivity contribution in [1.29, 1.82) is 0 Å². The van der Waals surface area contributed by atoms with Crippen molar-refractivity contribution in [3.8, 4) is 0 Å². The van der Waals surface area contributed by atoms with Gasteiger partial charge in [-0.1, -0.05) is 58.0 Å². The zero-order valence-corrected chi connectivity index (χ0v) is 20.6.